The van der Waals surface area contributed by atoms with Crippen LogP contribution in [0.5, 0.6) is 0 Å². The van der Waals surface area contributed by atoms with Crippen molar-refractivity contribution in [1.82, 2.24) is 3.97 Å². The lowest BCUT2D eigenvalue weighted by atomic mass is 10.4. The molecule has 1 saturated carbocycles. The molecular weight excluding hydrogens is 230 g/mol. The maximum atomic E-state index is 12.0. The van der Waals surface area contributed by atoms with Gasteiger partial charge in [0.15, 0.2) is 0 Å². The molecule has 1 heterocycles. The van der Waals surface area contributed by atoms with Crippen molar-refractivity contribution < 1.29 is 18.3 Å². The standard InChI is InChI=1S/C10H13NO4S/c12-10(13)8-5-6-11(7-8)16(14,15)9-3-1-2-4-9/h5-7,9H,1-4H2,(H,12,13). The number of aromatic nitrogens is 1. The van der Waals surface area contributed by atoms with Crippen LogP contribution in [-0.2, 0) is 10.0 Å². The van der Waals surface area contributed by atoms with Gasteiger partial charge in [-0.2, -0.15) is 0 Å². The van der Waals surface area contributed by atoms with Crippen LogP contribution in [0, 0.1) is 0 Å². The molecule has 0 radical (unpaired) electrons. The average molecular weight is 243 g/mol. The van der Waals surface area contributed by atoms with Crippen molar-refractivity contribution in [2.24, 2.45) is 0 Å². The molecule has 6 heteroatoms. The summed E-state index contributed by atoms with van der Waals surface area (Å²) in [6.45, 7) is 0. The van der Waals surface area contributed by atoms with Crippen molar-refractivity contribution in [1.29, 1.82) is 0 Å². The van der Waals surface area contributed by atoms with E-state index in [1.54, 1.807) is 0 Å². The smallest absolute Gasteiger partial charge is 0.337 e. The van der Waals surface area contributed by atoms with E-state index in [1.807, 2.05) is 0 Å². The number of nitrogens with zero attached hydrogens (tertiary/aromatic N) is 1. The third-order valence-corrected chi connectivity index (χ3v) is 5.06. The van der Waals surface area contributed by atoms with Gasteiger partial charge in [0, 0.05) is 12.4 Å². The van der Waals surface area contributed by atoms with E-state index in [4.69, 9.17) is 5.11 Å². The predicted octanol–water partition coefficient (Wildman–Crippen LogP) is 1.31. The van der Waals surface area contributed by atoms with Crippen LogP contribution in [0.15, 0.2) is 18.5 Å². The Morgan fingerprint density at radius 2 is 2.00 bits per heavy atom. The topological polar surface area (TPSA) is 76.4 Å². The second-order valence-corrected chi connectivity index (χ2v) is 6.10. The SMILES string of the molecule is O=C(O)c1ccn(S(=O)(=O)C2CCCC2)c1. The Bertz CT molecular complexity index is 497. The fraction of sp³-hybridized carbons (Fsp3) is 0.500. The van der Waals surface area contributed by atoms with Gasteiger partial charge in [0.25, 0.3) is 0 Å². The van der Waals surface area contributed by atoms with Gasteiger partial charge in [0.1, 0.15) is 0 Å². The fourth-order valence-electron chi connectivity index (χ4n) is 2.02. The zero-order chi connectivity index (χ0) is 11.8. The molecule has 0 saturated heterocycles. The Balaban J connectivity index is 2.31. The van der Waals surface area contributed by atoms with Gasteiger partial charge in [-0.15, -0.1) is 0 Å². The highest BCUT2D eigenvalue weighted by atomic mass is 32.2. The molecule has 1 aliphatic carbocycles. The number of carboxylic acids is 1. The number of rotatable bonds is 3. The highest BCUT2D eigenvalue weighted by Gasteiger charge is 2.30. The van der Waals surface area contributed by atoms with E-state index >= 15 is 0 Å². The van der Waals surface area contributed by atoms with Crippen molar-refractivity contribution in [3.63, 3.8) is 0 Å². The largest absolute Gasteiger partial charge is 0.478 e. The third kappa shape index (κ3) is 1.84. The molecule has 0 unspecified atom stereocenters. The number of hydrogen-bond donors (Lipinski definition) is 1. The Morgan fingerprint density at radius 3 is 2.50 bits per heavy atom. The molecular formula is C10H13NO4S. The minimum Gasteiger partial charge on any atom is -0.478 e. The molecule has 0 spiro atoms. The summed E-state index contributed by atoms with van der Waals surface area (Å²) in [5, 5.41) is 8.36. The van der Waals surface area contributed by atoms with Gasteiger partial charge in [0.05, 0.1) is 10.8 Å². The van der Waals surface area contributed by atoms with E-state index in [1.165, 1.54) is 12.3 Å². The van der Waals surface area contributed by atoms with Gasteiger partial charge >= 0.3 is 5.97 Å². The summed E-state index contributed by atoms with van der Waals surface area (Å²) in [5.41, 5.74) is 0.00146. The fourth-order valence-corrected chi connectivity index (χ4v) is 3.78. The van der Waals surface area contributed by atoms with E-state index in [9.17, 15) is 13.2 Å². The Morgan fingerprint density at radius 1 is 1.38 bits per heavy atom. The van der Waals surface area contributed by atoms with Gasteiger partial charge in [-0.25, -0.2) is 13.2 Å². The Labute approximate surface area is 93.8 Å². The van der Waals surface area contributed by atoms with Gasteiger partial charge in [0.2, 0.25) is 10.0 Å². The number of hydrogen-bond acceptors (Lipinski definition) is 3. The summed E-state index contributed by atoms with van der Waals surface area (Å²) in [4.78, 5) is 10.7. The quantitative estimate of drug-likeness (QED) is 0.868. The second-order valence-electron chi connectivity index (χ2n) is 3.99. The lowest BCUT2D eigenvalue weighted by molar-refractivity contribution is 0.0697. The summed E-state index contributed by atoms with van der Waals surface area (Å²) in [5.74, 6) is -1.11. The minimum atomic E-state index is -3.40. The molecule has 16 heavy (non-hydrogen) atoms. The first-order chi connectivity index (χ1) is 7.51. The molecule has 2 rings (SSSR count). The molecule has 0 atom stereocenters. The maximum absolute atomic E-state index is 12.0. The van der Waals surface area contributed by atoms with E-state index in [0.717, 1.165) is 23.0 Å². The van der Waals surface area contributed by atoms with Crippen LogP contribution in [0.4, 0.5) is 0 Å². The molecule has 0 aromatic carbocycles. The summed E-state index contributed by atoms with van der Waals surface area (Å²) in [7, 11) is -3.40. The van der Waals surface area contributed by atoms with E-state index in [2.05, 4.69) is 0 Å². The molecule has 5 nitrogen and oxygen atoms in total. The predicted molar refractivity (Wildman–Crippen MR) is 58.0 cm³/mol. The number of carboxylic acid groups (broad SMARTS) is 1. The Kier molecular flexibility index (Phi) is 2.75. The highest BCUT2D eigenvalue weighted by molar-refractivity contribution is 7.90. The van der Waals surface area contributed by atoms with Gasteiger partial charge in [-0.3, -0.25) is 3.97 Å². The zero-order valence-corrected chi connectivity index (χ0v) is 9.48. The third-order valence-electron chi connectivity index (χ3n) is 2.93. The normalized spacial score (nSPS) is 17.8. The van der Waals surface area contributed by atoms with Gasteiger partial charge in [-0.1, -0.05) is 12.8 Å². The lowest BCUT2D eigenvalue weighted by Gasteiger charge is -2.11. The first kappa shape index (κ1) is 11.2. The van der Waals surface area contributed by atoms with Crippen LogP contribution in [0.25, 0.3) is 0 Å². The van der Waals surface area contributed by atoms with Crippen molar-refractivity contribution in [3.8, 4) is 0 Å². The highest BCUT2D eigenvalue weighted by Crippen LogP contribution is 2.26. The zero-order valence-electron chi connectivity index (χ0n) is 8.67. The van der Waals surface area contributed by atoms with Crippen LogP contribution in [0.2, 0.25) is 0 Å². The minimum absolute atomic E-state index is 0.00146. The van der Waals surface area contributed by atoms with Crippen LogP contribution in [0.1, 0.15) is 36.0 Å². The summed E-state index contributed by atoms with van der Waals surface area (Å²) >= 11 is 0. The first-order valence-electron chi connectivity index (χ1n) is 5.17. The summed E-state index contributed by atoms with van der Waals surface area (Å²) < 4.78 is 25.1. The lowest BCUT2D eigenvalue weighted by Crippen LogP contribution is -2.24. The molecule has 1 aromatic heterocycles. The molecule has 1 N–H and O–H groups in total. The monoisotopic (exact) mass is 243 g/mol. The van der Waals surface area contributed by atoms with Crippen molar-refractivity contribution in [2.45, 2.75) is 30.9 Å². The molecule has 1 fully saturated rings. The molecule has 0 aliphatic heterocycles. The first-order valence-corrected chi connectivity index (χ1v) is 6.68. The number of aromatic carboxylic acids is 1. The Hall–Kier alpha value is -1.30. The van der Waals surface area contributed by atoms with Gasteiger partial charge < -0.3 is 5.11 Å². The van der Waals surface area contributed by atoms with Crippen LogP contribution < -0.4 is 0 Å². The number of carbonyl (C=O) groups is 1. The summed E-state index contributed by atoms with van der Waals surface area (Å²) in [6, 6.07) is 1.30. The maximum Gasteiger partial charge on any atom is 0.337 e. The average Bonchev–Trinajstić information content (AvgIpc) is 2.90. The van der Waals surface area contributed by atoms with E-state index in [-0.39, 0.29) is 10.8 Å². The summed E-state index contributed by atoms with van der Waals surface area (Å²) in [6.07, 6.45) is 5.66. The molecule has 0 amide bonds. The molecule has 1 aliphatic rings. The molecule has 0 bridgehead atoms. The van der Waals surface area contributed by atoms with Crippen LogP contribution >= 0.6 is 0 Å². The van der Waals surface area contributed by atoms with E-state index < -0.39 is 16.0 Å². The van der Waals surface area contributed by atoms with Crippen LogP contribution in [-0.4, -0.2) is 28.7 Å². The van der Waals surface area contributed by atoms with E-state index in [0.29, 0.717) is 12.8 Å². The molecule has 88 valence electrons. The second kappa shape index (κ2) is 3.93. The van der Waals surface area contributed by atoms with Crippen molar-refractivity contribution >= 4 is 16.0 Å². The molecule has 1 aromatic rings. The van der Waals surface area contributed by atoms with Crippen LogP contribution in [0.3, 0.4) is 0 Å². The van der Waals surface area contributed by atoms with Crippen molar-refractivity contribution in [2.75, 3.05) is 0 Å². The van der Waals surface area contributed by atoms with Gasteiger partial charge in [-0.05, 0) is 18.9 Å². The van der Waals surface area contributed by atoms with Crippen molar-refractivity contribution in [3.05, 3.63) is 24.0 Å².